The Morgan fingerprint density at radius 1 is 1.30 bits per heavy atom. The Hall–Kier alpha value is -1.23. The van der Waals surface area contributed by atoms with Gasteiger partial charge in [0.05, 0.1) is 19.8 Å². The van der Waals surface area contributed by atoms with Crippen molar-refractivity contribution in [1.29, 1.82) is 0 Å². The van der Waals surface area contributed by atoms with Gasteiger partial charge in [0.2, 0.25) is 0 Å². The number of ether oxygens (including phenoxy) is 1. The second-order valence-corrected chi connectivity index (χ2v) is 6.14. The van der Waals surface area contributed by atoms with Crippen LogP contribution in [0.4, 0.5) is 0 Å². The SMILES string of the molecule is CCNC(=NCc1ccc(Cl)cc1Cl)NCCC1=CCOCC1. The first kappa shape index (κ1) is 18.1. The number of hydrogen-bond donors (Lipinski definition) is 2. The van der Waals surface area contributed by atoms with E-state index in [1.807, 2.05) is 19.1 Å². The fourth-order valence-corrected chi connectivity index (χ4v) is 2.76. The molecule has 1 aromatic rings. The van der Waals surface area contributed by atoms with Crippen LogP contribution in [-0.2, 0) is 11.3 Å². The Balaban J connectivity index is 1.87. The quantitative estimate of drug-likeness (QED) is 0.463. The minimum Gasteiger partial charge on any atom is -0.377 e. The lowest BCUT2D eigenvalue weighted by molar-refractivity contribution is 0.153. The van der Waals surface area contributed by atoms with Crippen LogP contribution in [0.3, 0.4) is 0 Å². The molecule has 0 saturated heterocycles. The van der Waals surface area contributed by atoms with Gasteiger partial charge in [0, 0.05) is 23.1 Å². The van der Waals surface area contributed by atoms with Gasteiger partial charge in [0.15, 0.2) is 5.96 Å². The number of nitrogens with one attached hydrogen (secondary N) is 2. The Labute approximate surface area is 147 Å². The molecule has 0 aliphatic carbocycles. The fourth-order valence-electron chi connectivity index (χ4n) is 2.29. The number of guanidine groups is 1. The van der Waals surface area contributed by atoms with Crippen LogP contribution in [0.1, 0.15) is 25.3 Å². The summed E-state index contributed by atoms with van der Waals surface area (Å²) in [7, 11) is 0. The van der Waals surface area contributed by atoms with E-state index in [2.05, 4.69) is 21.7 Å². The van der Waals surface area contributed by atoms with Crippen molar-refractivity contribution < 1.29 is 4.74 Å². The van der Waals surface area contributed by atoms with Gasteiger partial charge in [-0.3, -0.25) is 0 Å². The van der Waals surface area contributed by atoms with Crippen LogP contribution in [0.5, 0.6) is 0 Å². The first-order chi connectivity index (χ1) is 11.2. The molecule has 0 bridgehead atoms. The van der Waals surface area contributed by atoms with Crippen LogP contribution in [0.15, 0.2) is 34.8 Å². The Morgan fingerprint density at radius 3 is 2.87 bits per heavy atom. The van der Waals surface area contributed by atoms with Gasteiger partial charge in [-0.2, -0.15) is 0 Å². The summed E-state index contributed by atoms with van der Waals surface area (Å²) in [6.45, 7) is 5.80. The van der Waals surface area contributed by atoms with Crippen LogP contribution in [0.25, 0.3) is 0 Å². The molecule has 0 spiro atoms. The van der Waals surface area contributed by atoms with Crippen molar-refractivity contribution >= 4 is 29.2 Å². The summed E-state index contributed by atoms with van der Waals surface area (Å²) in [5.74, 6) is 0.797. The molecular weight excluding hydrogens is 333 g/mol. The highest BCUT2D eigenvalue weighted by Crippen LogP contribution is 2.21. The van der Waals surface area contributed by atoms with E-state index in [4.69, 9.17) is 27.9 Å². The molecule has 1 aliphatic heterocycles. The zero-order valence-electron chi connectivity index (χ0n) is 13.4. The molecule has 0 amide bonds. The number of halogens is 2. The maximum absolute atomic E-state index is 6.18. The second kappa shape index (κ2) is 9.81. The lowest BCUT2D eigenvalue weighted by Crippen LogP contribution is -2.38. The van der Waals surface area contributed by atoms with Gasteiger partial charge in [-0.1, -0.05) is 40.9 Å². The topological polar surface area (TPSA) is 45.7 Å². The Kier molecular flexibility index (Phi) is 7.72. The van der Waals surface area contributed by atoms with Crippen LogP contribution < -0.4 is 10.6 Å². The number of benzene rings is 1. The predicted molar refractivity (Wildman–Crippen MR) is 97.4 cm³/mol. The van der Waals surface area contributed by atoms with Gasteiger partial charge in [0.1, 0.15) is 0 Å². The van der Waals surface area contributed by atoms with Gasteiger partial charge in [-0.15, -0.1) is 0 Å². The highest BCUT2D eigenvalue weighted by atomic mass is 35.5. The van der Waals surface area contributed by atoms with Crippen LogP contribution >= 0.6 is 23.2 Å². The maximum atomic E-state index is 6.18. The van der Waals surface area contributed by atoms with Crippen LogP contribution in [-0.4, -0.2) is 32.3 Å². The summed E-state index contributed by atoms with van der Waals surface area (Å²) < 4.78 is 5.32. The lowest BCUT2D eigenvalue weighted by atomic mass is 10.1. The molecule has 0 fully saturated rings. The van der Waals surface area contributed by atoms with Crippen molar-refractivity contribution in [2.45, 2.75) is 26.3 Å². The largest absolute Gasteiger partial charge is 0.377 e. The van der Waals surface area contributed by atoms with Crippen LogP contribution in [0.2, 0.25) is 10.0 Å². The van der Waals surface area contributed by atoms with Crippen molar-refractivity contribution in [2.24, 2.45) is 4.99 Å². The fraction of sp³-hybridized carbons (Fsp3) is 0.471. The molecule has 1 aliphatic rings. The lowest BCUT2D eigenvalue weighted by Gasteiger charge is -2.15. The van der Waals surface area contributed by atoms with Crippen molar-refractivity contribution in [3.05, 3.63) is 45.5 Å². The average molecular weight is 356 g/mol. The van der Waals surface area contributed by atoms with E-state index in [1.165, 1.54) is 5.57 Å². The first-order valence-corrected chi connectivity index (χ1v) is 8.66. The molecule has 4 nitrogen and oxygen atoms in total. The van der Waals surface area contributed by atoms with Gasteiger partial charge in [0.25, 0.3) is 0 Å². The Bertz CT molecular complexity index is 573. The summed E-state index contributed by atoms with van der Waals surface area (Å²) >= 11 is 12.1. The molecule has 2 rings (SSSR count). The minimum absolute atomic E-state index is 0.516. The Morgan fingerprint density at radius 2 is 2.17 bits per heavy atom. The molecule has 0 saturated carbocycles. The average Bonchev–Trinajstić information content (AvgIpc) is 2.55. The third-order valence-electron chi connectivity index (χ3n) is 3.56. The molecular formula is C17H23Cl2N3O. The van der Waals surface area contributed by atoms with Crippen molar-refractivity contribution in [1.82, 2.24) is 10.6 Å². The van der Waals surface area contributed by atoms with E-state index in [0.29, 0.717) is 16.6 Å². The minimum atomic E-state index is 0.516. The van der Waals surface area contributed by atoms with Gasteiger partial charge in [-0.25, -0.2) is 4.99 Å². The zero-order chi connectivity index (χ0) is 16.5. The monoisotopic (exact) mass is 355 g/mol. The van der Waals surface area contributed by atoms with E-state index in [-0.39, 0.29) is 0 Å². The standard InChI is InChI=1S/C17H23Cl2N3O/c1-2-20-17(21-8-5-13-6-9-23-10-7-13)22-12-14-3-4-15(18)11-16(14)19/h3-4,6,11H,2,5,7-10,12H2,1H3,(H2,20,21,22). The second-order valence-electron chi connectivity index (χ2n) is 5.29. The molecule has 2 N–H and O–H groups in total. The third-order valence-corrected chi connectivity index (χ3v) is 4.15. The highest BCUT2D eigenvalue weighted by Gasteiger charge is 2.05. The summed E-state index contributed by atoms with van der Waals surface area (Å²) in [6.07, 6.45) is 4.20. The van der Waals surface area contributed by atoms with E-state index < -0.39 is 0 Å². The van der Waals surface area contributed by atoms with Crippen molar-refractivity contribution in [2.75, 3.05) is 26.3 Å². The molecule has 0 unspecified atom stereocenters. The van der Waals surface area contributed by atoms with Gasteiger partial charge >= 0.3 is 0 Å². The molecule has 0 radical (unpaired) electrons. The smallest absolute Gasteiger partial charge is 0.191 e. The molecule has 126 valence electrons. The van der Waals surface area contributed by atoms with E-state index in [1.54, 1.807) is 6.07 Å². The number of nitrogens with zero attached hydrogens (tertiary/aromatic N) is 1. The molecule has 0 aromatic heterocycles. The molecule has 1 aromatic carbocycles. The van der Waals surface area contributed by atoms with Crippen molar-refractivity contribution in [3.63, 3.8) is 0 Å². The number of aliphatic imine (C=N–C) groups is 1. The number of hydrogen-bond acceptors (Lipinski definition) is 2. The summed E-state index contributed by atoms with van der Waals surface area (Å²) in [6, 6.07) is 5.48. The summed E-state index contributed by atoms with van der Waals surface area (Å²) in [4.78, 5) is 4.58. The normalized spacial score (nSPS) is 15.3. The maximum Gasteiger partial charge on any atom is 0.191 e. The number of rotatable bonds is 6. The summed E-state index contributed by atoms with van der Waals surface area (Å²) in [5.41, 5.74) is 2.40. The summed E-state index contributed by atoms with van der Waals surface area (Å²) in [5, 5.41) is 7.88. The molecule has 1 heterocycles. The van der Waals surface area contributed by atoms with Gasteiger partial charge < -0.3 is 15.4 Å². The van der Waals surface area contributed by atoms with E-state index in [0.717, 1.165) is 50.7 Å². The highest BCUT2D eigenvalue weighted by molar-refractivity contribution is 6.35. The zero-order valence-corrected chi connectivity index (χ0v) is 14.9. The third kappa shape index (κ3) is 6.42. The molecule has 0 atom stereocenters. The molecule has 6 heteroatoms. The van der Waals surface area contributed by atoms with Crippen LogP contribution in [0, 0.1) is 0 Å². The van der Waals surface area contributed by atoms with Gasteiger partial charge in [-0.05, 0) is 37.5 Å². The molecule has 23 heavy (non-hydrogen) atoms. The van der Waals surface area contributed by atoms with E-state index in [9.17, 15) is 0 Å². The van der Waals surface area contributed by atoms with Crippen molar-refractivity contribution in [3.8, 4) is 0 Å². The van der Waals surface area contributed by atoms with E-state index >= 15 is 0 Å². The predicted octanol–water partition coefficient (Wildman–Crippen LogP) is 3.79. The first-order valence-electron chi connectivity index (χ1n) is 7.90.